The number of benzene rings is 1. The molecule has 10 heteroatoms. The van der Waals surface area contributed by atoms with Gasteiger partial charge in [0.05, 0.1) is 11.8 Å². The van der Waals surface area contributed by atoms with Gasteiger partial charge in [-0.25, -0.2) is 21.6 Å². The molecule has 1 saturated carbocycles. The number of nitrogens with zero attached hydrogens (tertiary/aromatic N) is 2. The molecule has 4 atom stereocenters. The first-order chi connectivity index (χ1) is 14.6. The summed E-state index contributed by atoms with van der Waals surface area (Å²) in [5.41, 5.74) is 6.36. The lowest BCUT2D eigenvalue weighted by molar-refractivity contribution is -0.136. The van der Waals surface area contributed by atoms with Crippen LogP contribution in [0, 0.1) is 23.4 Å². The van der Waals surface area contributed by atoms with Gasteiger partial charge in [0.15, 0.2) is 11.6 Å². The molecule has 6 nitrogen and oxygen atoms in total. The van der Waals surface area contributed by atoms with E-state index in [1.165, 1.54) is 7.05 Å². The van der Waals surface area contributed by atoms with Crippen molar-refractivity contribution in [3.63, 3.8) is 0 Å². The molecule has 2 aliphatic heterocycles. The summed E-state index contributed by atoms with van der Waals surface area (Å²) in [5.74, 6) is -3.33. The molecule has 3 fully saturated rings. The van der Waals surface area contributed by atoms with Gasteiger partial charge in [-0.05, 0) is 62.5 Å². The molecule has 0 unspecified atom stereocenters. The predicted octanol–water partition coefficient (Wildman–Crippen LogP) is 2.17. The maximum Gasteiger partial charge on any atom is 0.238 e. The van der Waals surface area contributed by atoms with Crippen molar-refractivity contribution in [1.82, 2.24) is 9.21 Å². The molecule has 31 heavy (non-hydrogen) atoms. The highest BCUT2D eigenvalue weighted by Crippen LogP contribution is 2.40. The number of likely N-dealkylation sites (N-methyl/N-ethyl adjacent to an activating group) is 1. The lowest BCUT2D eigenvalue weighted by Gasteiger charge is -2.41. The van der Waals surface area contributed by atoms with Crippen molar-refractivity contribution in [3.05, 3.63) is 35.1 Å². The third-order valence-corrected chi connectivity index (χ3v) is 9.26. The Hall–Kier alpha value is -1.65. The first kappa shape index (κ1) is 22.5. The first-order valence-corrected chi connectivity index (χ1v) is 12.2. The van der Waals surface area contributed by atoms with E-state index in [4.69, 9.17) is 5.73 Å². The Morgan fingerprint density at radius 2 is 1.68 bits per heavy atom. The molecule has 4 rings (SSSR count). The third-order valence-electron chi connectivity index (χ3n) is 6.95. The van der Waals surface area contributed by atoms with E-state index < -0.39 is 33.5 Å². The molecule has 0 spiro atoms. The van der Waals surface area contributed by atoms with Gasteiger partial charge >= 0.3 is 0 Å². The molecule has 0 aromatic heterocycles. The Labute approximate surface area is 180 Å². The van der Waals surface area contributed by atoms with Gasteiger partial charge in [0.1, 0.15) is 5.82 Å². The largest absolute Gasteiger partial charge is 0.336 e. The summed E-state index contributed by atoms with van der Waals surface area (Å²) < 4.78 is 66.5. The molecule has 2 N–H and O–H groups in total. The van der Waals surface area contributed by atoms with Crippen LogP contribution in [-0.4, -0.2) is 60.5 Å². The Bertz CT molecular complexity index is 956. The molecule has 0 radical (unpaired) electrons. The van der Waals surface area contributed by atoms with Crippen LogP contribution in [0.3, 0.4) is 0 Å². The second-order valence-electron chi connectivity index (χ2n) is 9.14. The maximum atomic E-state index is 14.0. The molecule has 2 bridgehead atoms. The Morgan fingerprint density at radius 3 is 2.26 bits per heavy atom. The van der Waals surface area contributed by atoms with Crippen LogP contribution in [0.5, 0.6) is 0 Å². The zero-order valence-electron chi connectivity index (χ0n) is 17.4. The fourth-order valence-electron chi connectivity index (χ4n) is 5.10. The van der Waals surface area contributed by atoms with E-state index >= 15 is 0 Å². The number of fused-ring (bicyclic) bond motifs is 2. The lowest BCUT2D eigenvalue weighted by Crippen LogP contribution is -2.53. The van der Waals surface area contributed by atoms with Crippen molar-refractivity contribution in [2.75, 3.05) is 13.6 Å². The Balaban J connectivity index is 1.38. The molecular weight excluding hydrogens is 431 g/mol. The summed E-state index contributed by atoms with van der Waals surface area (Å²) in [7, 11) is -1.96. The van der Waals surface area contributed by atoms with Crippen molar-refractivity contribution >= 4 is 15.9 Å². The molecule has 1 aromatic rings. The normalized spacial score (nSPS) is 27.0. The number of hydrogen-bond acceptors (Lipinski definition) is 4. The average molecular weight is 460 g/mol. The van der Waals surface area contributed by atoms with Gasteiger partial charge < -0.3 is 10.6 Å². The molecule has 1 amide bonds. The minimum Gasteiger partial charge on any atom is -0.336 e. The number of hydrogen-bond donors (Lipinski definition) is 1. The summed E-state index contributed by atoms with van der Waals surface area (Å²) in [6.07, 6.45) is 4.28. The van der Waals surface area contributed by atoms with Gasteiger partial charge in [-0.1, -0.05) is 0 Å². The van der Waals surface area contributed by atoms with E-state index in [-0.39, 0.29) is 47.7 Å². The topological polar surface area (TPSA) is 83.7 Å². The van der Waals surface area contributed by atoms with E-state index in [0.29, 0.717) is 31.7 Å². The van der Waals surface area contributed by atoms with Crippen molar-refractivity contribution in [2.24, 2.45) is 11.7 Å². The van der Waals surface area contributed by atoms with Gasteiger partial charge in [0, 0.05) is 31.2 Å². The summed E-state index contributed by atoms with van der Waals surface area (Å²) >= 11 is 0. The number of rotatable bonds is 7. The molecule has 3 aliphatic rings. The number of nitrogens with two attached hydrogens (primary N) is 1. The summed E-state index contributed by atoms with van der Waals surface area (Å²) in [6, 6.07) is 0.878. The number of amides is 1. The monoisotopic (exact) mass is 459 g/mol. The van der Waals surface area contributed by atoms with Gasteiger partial charge in [-0.3, -0.25) is 4.79 Å². The van der Waals surface area contributed by atoms with Gasteiger partial charge in [0.2, 0.25) is 15.9 Å². The molecule has 2 saturated heterocycles. The van der Waals surface area contributed by atoms with E-state index in [1.54, 1.807) is 4.90 Å². The highest BCUT2D eigenvalue weighted by molar-refractivity contribution is 7.90. The zero-order chi connectivity index (χ0) is 22.5. The van der Waals surface area contributed by atoms with Crippen LogP contribution < -0.4 is 5.73 Å². The van der Waals surface area contributed by atoms with Crippen LogP contribution in [0.1, 0.15) is 44.1 Å². The highest BCUT2D eigenvalue weighted by atomic mass is 32.2. The Morgan fingerprint density at radius 1 is 1.10 bits per heavy atom. The minimum absolute atomic E-state index is 0.0157. The van der Waals surface area contributed by atoms with E-state index in [2.05, 4.69) is 0 Å². The van der Waals surface area contributed by atoms with Crippen molar-refractivity contribution in [3.8, 4) is 0 Å². The van der Waals surface area contributed by atoms with Crippen LogP contribution in [-0.2, 0) is 21.2 Å². The number of piperidine rings is 1. The number of halogens is 3. The molecule has 1 aromatic carbocycles. The fourth-order valence-corrected chi connectivity index (χ4v) is 6.63. The smallest absolute Gasteiger partial charge is 0.238 e. The summed E-state index contributed by atoms with van der Waals surface area (Å²) in [4.78, 5) is 14.7. The van der Waals surface area contributed by atoms with Crippen LogP contribution in [0.15, 0.2) is 12.1 Å². The van der Waals surface area contributed by atoms with E-state index in [1.807, 2.05) is 0 Å². The maximum absolute atomic E-state index is 14.0. The summed E-state index contributed by atoms with van der Waals surface area (Å²) in [5, 5.41) is -0.359. The standard InChI is InChI=1S/C21H28F3N3O3S/c1-26(31(29,30)16-4-5-16)11-21(28)27-14-2-3-15(27)7-13(6-14)20(25)9-12-8-18(23)19(24)10-17(12)22/h8,10,13-16,20H,2-7,9,11,25H2,1H3/t13-,14-,15+,20-/m1/s1. The van der Waals surface area contributed by atoms with Crippen molar-refractivity contribution < 1.29 is 26.4 Å². The quantitative estimate of drug-likeness (QED) is 0.634. The number of carbonyl (C=O) groups excluding carboxylic acids is 1. The second kappa shape index (κ2) is 8.37. The number of sulfonamides is 1. The molecule has 1 aliphatic carbocycles. The predicted molar refractivity (Wildman–Crippen MR) is 109 cm³/mol. The molecule has 172 valence electrons. The zero-order valence-corrected chi connectivity index (χ0v) is 18.3. The third kappa shape index (κ3) is 4.47. The Kier molecular flexibility index (Phi) is 6.08. The SMILES string of the molecule is CN(CC(=O)N1[C@@H]2CC[C@H]1C[C@H]([C@H](N)Cc1cc(F)c(F)cc1F)C2)S(=O)(=O)C1CC1. The van der Waals surface area contributed by atoms with Crippen molar-refractivity contribution in [1.29, 1.82) is 0 Å². The lowest BCUT2D eigenvalue weighted by atomic mass is 9.82. The van der Waals surface area contributed by atoms with E-state index in [0.717, 1.165) is 23.2 Å². The summed E-state index contributed by atoms with van der Waals surface area (Å²) in [6.45, 7) is -0.164. The minimum atomic E-state index is -3.41. The van der Waals surface area contributed by atoms with Gasteiger partial charge in [0.25, 0.3) is 0 Å². The van der Waals surface area contributed by atoms with Crippen LogP contribution >= 0.6 is 0 Å². The van der Waals surface area contributed by atoms with Crippen LogP contribution in [0.2, 0.25) is 0 Å². The van der Waals surface area contributed by atoms with Gasteiger partial charge in [-0.2, -0.15) is 4.31 Å². The molecular formula is C21H28F3N3O3S. The second-order valence-corrected chi connectivity index (χ2v) is 11.5. The highest BCUT2D eigenvalue weighted by Gasteiger charge is 2.46. The van der Waals surface area contributed by atoms with Gasteiger partial charge in [-0.15, -0.1) is 0 Å². The van der Waals surface area contributed by atoms with Crippen molar-refractivity contribution in [2.45, 2.75) is 68.3 Å². The average Bonchev–Trinajstić information content (AvgIpc) is 3.52. The first-order valence-electron chi connectivity index (χ1n) is 10.7. The van der Waals surface area contributed by atoms with Crippen LogP contribution in [0.25, 0.3) is 0 Å². The molecule has 2 heterocycles. The van der Waals surface area contributed by atoms with Crippen LogP contribution in [0.4, 0.5) is 13.2 Å². The number of carbonyl (C=O) groups is 1. The van der Waals surface area contributed by atoms with E-state index in [9.17, 15) is 26.4 Å². The fraction of sp³-hybridized carbons (Fsp3) is 0.667.